The van der Waals surface area contributed by atoms with Gasteiger partial charge >= 0.3 is 4.87 Å². The number of H-pyrrole nitrogens is 1. The molecule has 30 heavy (non-hydrogen) atoms. The Kier molecular flexibility index (Phi) is 10.9. The van der Waals surface area contributed by atoms with Crippen LogP contribution in [0.4, 0.5) is 0 Å². The summed E-state index contributed by atoms with van der Waals surface area (Å²) in [6.07, 6.45) is 6.39. The fraction of sp³-hybridized carbons (Fsp3) is 0.435. The average Bonchev–Trinajstić information content (AvgIpc) is 3.13. The van der Waals surface area contributed by atoms with E-state index in [1.54, 1.807) is 6.07 Å². The molecule has 7 heteroatoms. The van der Waals surface area contributed by atoms with Gasteiger partial charge in [-0.3, -0.25) is 4.79 Å². The lowest BCUT2D eigenvalue weighted by Crippen LogP contribution is -2.18. The zero-order valence-electron chi connectivity index (χ0n) is 17.2. The molecule has 3 rings (SSSR count). The van der Waals surface area contributed by atoms with Gasteiger partial charge in [-0.05, 0) is 68.8 Å². The predicted molar refractivity (Wildman–Crippen MR) is 127 cm³/mol. The first-order chi connectivity index (χ1) is 14.2. The van der Waals surface area contributed by atoms with Crippen LogP contribution in [-0.2, 0) is 17.6 Å². The summed E-state index contributed by atoms with van der Waals surface area (Å²) in [7, 11) is 0. The van der Waals surface area contributed by atoms with Crippen LogP contribution in [0.3, 0.4) is 0 Å². The van der Waals surface area contributed by atoms with Gasteiger partial charge in [-0.25, -0.2) is 0 Å². The second-order valence-corrected chi connectivity index (χ2v) is 8.21. The van der Waals surface area contributed by atoms with Crippen molar-refractivity contribution < 1.29 is 9.84 Å². The van der Waals surface area contributed by atoms with Gasteiger partial charge in [0.15, 0.2) is 0 Å². The van der Waals surface area contributed by atoms with E-state index in [2.05, 4.69) is 34.6 Å². The number of aromatic hydroxyl groups is 1. The van der Waals surface area contributed by atoms with Crippen molar-refractivity contribution in [2.45, 2.75) is 38.5 Å². The van der Waals surface area contributed by atoms with Crippen molar-refractivity contribution in [2.75, 3.05) is 26.3 Å². The van der Waals surface area contributed by atoms with Crippen LogP contribution in [0.15, 0.2) is 47.3 Å². The summed E-state index contributed by atoms with van der Waals surface area (Å²) in [6, 6.07) is 14.1. The molecule has 3 aromatic rings. The number of rotatable bonds is 13. The molecule has 0 radical (unpaired) electrons. The van der Waals surface area contributed by atoms with Gasteiger partial charge in [0, 0.05) is 13.2 Å². The number of ether oxygens (including phenoxy) is 1. The number of fused-ring (bicyclic) bond motifs is 1. The number of benzene rings is 2. The molecule has 0 aliphatic carbocycles. The minimum absolute atomic E-state index is 0. The van der Waals surface area contributed by atoms with E-state index in [4.69, 9.17) is 4.74 Å². The molecule has 0 amide bonds. The lowest BCUT2D eigenvalue weighted by molar-refractivity contribution is 0.128. The van der Waals surface area contributed by atoms with E-state index in [1.807, 2.05) is 12.1 Å². The number of phenolic OH excluding ortho intramolecular Hbond substituents is 1. The van der Waals surface area contributed by atoms with Crippen molar-refractivity contribution in [2.24, 2.45) is 0 Å². The summed E-state index contributed by atoms with van der Waals surface area (Å²) >= 11 is 1.16. The maximum Gasteiger partial charge on any atom is 0.305 e. The maximum atomic E-state index is 11.5. The van der Waals surface area contributed by atoms with E-state index in [-0.39, 0.29) is 23.0 Å². The summed E-state index contributed by atoms with van der Waals surface area (Å²) in [4.78, 5) is 14.1. The fourth-order valence-electron chi connectivity index (χ4n) is 3.37. The summed E-state index contributed by atoms with van der Waals surface area (Å²) in [6.45, 7) is 3.52. The normalized spacial score (nSPS) is 10.9. The average molecular weight is 451 g/mol. The number of phenols is 1. The zero-order valence-corrected chi connectivity index (χ0v) is 18.8. The molecule has 3 N–H and O–H groups in total. The molecule has 0 aliphatic heterocycles. The maximum absolute atomic E-state index is 11.5. The van der Waals surface area contributed by atoms with E-state index in [0.29, 0.717) is 5.52 Å². The molecule has 0 saturated heterocycles. The third-order valence-electron chi connectivity index (χ3n) is 4.95. The SMILES string of the molecule is Cl.O=c1[nH]c2c(O)ccc(CCNCCCCCOCCCc3ccccc3)c2s1. The van der Waals surface area contributed by atoms with E-state index in [1.165, 1.54) is 5.56 Å². The highest BCUT2D eigenvalue weighted by atomic mass is 35.5. The Morgan fingerprint density at radius 2 is 1.73 bits per heavy atom. The monoisotopic (exact) mass is 450 g/mol. The highest BCUT2D eigenvalue weighted by Crippen LogP contribution is 2.27. The van der Waals surface area contributed by atoms with E-state index >= 15 is 0 Å². The van der Waals surface area contributed by atoms with Gasteiger partial charge < -0.3 is 20.1 Å². The van der Waals surface area contributed by atoms with Crippen LogP contribution in [-0.4, -0.2) is 36.4 Å². The molecule has 1 heterocycles. The number of aromatic nitrogens is 1. The summed E-state index contributed by atoms with van der Waals surface area (Å²) in [5, 5.41) is 13.3. The molecule has 1 aromatic heterocycles. The summed E-state index contributed by atoms with van der Waals surface area (Å²) in [5.74, 6) is 0.136. The molecule has 0 saturated carbocycles. The Balaban J connectivity index is 0.00000320. The Morgan fingerprint density at radius 1 is 0.933 bits per heavy atom. The van der Waals surface area contributed by atoms with Crippen molar-refractivity contribution in [3.63, 3.8) is 0 Å². The molecule has 0 unspecified atom stereocenters. The third-order valence-corrected chi connectivity index (χ3v) is 5.91. The van der Waals surface area contributed by atoms with Crippen molar-refractivity contribution in [3.05, 3.63) is 63.3 Å². The molecule has 2 aromatic carbocycles. The van der Waals surface area contributed by atoms with Gasteiger partial charge in [0.1, 0.15) is 11.3 Å². The molecule has 0 spiro atoms. The zero-order chi connectivity index (χ0) is 20.3. The molecular weight excluding hydrogens is 420 g/mol. The Morgan fingerprint density at radius 3 is 2.57 bits per heavy atom. The Labute approximate surface area is 187 Å². The molecule has 5 nitrogen and oxygen atoms in total. The van der Waals surface area contributed by atoms with Gasteiger partial charge in [0.05, 0.1) is 4.70 Å². The first kappa shape index (κ1) is 24.4. The minimum Gasteiger partial charge on any atom is -0.506 e. The van der Waals surface area contributed by atoms with Crippen LogP contribution in [0, 0.1) is 0 Å². The first-order valence-corrected chi connectivity index (χ1v) is 11.2. The number of hydrogen-bond acceptors (Lipinski definition) is 5. The van der Waals surface area contributed by atoms with Crippen molar-refractivity contribution in [3.8, 4) is 5.75 Å². The van der Waals surface area contributed by atoms with Gasteiger partial charge in [0.25, 0.3) is 0 Å². The van der Waals surface area contributed by atoms with Crippen molar-refractivity contribution in [1.82, 2.24) is 10.3 Å². The van der Waals surface area contributed by atoms with E-state index < -0.39 is 0 Å². The third kappa shape index (κ3) is 7.76. The van der Waals surface area contributed by atoms with Crippen LogP contribution >= 0.6 is 23.7 Å². The molecule has 164 valence electrons. The highest BCUT2D eigenvalue weighted by molar-refractivity contribution is 7.16. The quantitative estimate of drug-likeness (QED) is 0.331. The van der Waals surface area contributed by atoms with Crippen molar-refractivity contribution in [1.29, 1.82) is 0 Å². The number of halogens is 1. The fourth-order valence-corrected chi connectivity index (χ4v) is 4.27. The van der Waals surface area contributed by atoms with Crippen LogP contribution in [0.5, 0.6) is 5.75 Å². The number of unbranched alkanes of at least 4 members (excludes halogenated alkanes) is 2. The van der Waals surface area contributed by atoms with Gasteiger partial charge in [-0.1, -0.05) is 47.7 Å². The minimum atomic E-state index is -0.127. The molecule has 0 atom stereocenters. The second kappa shape index (κ2) is 13.4. The van der Waals surface area contributed by atoms with Gasteiger partial charge in [-0.15, -0.1) is 12.4 Å². The number of aryl methyl sites for hydroxylation is 1. The van der Waals surface area contributed by atoms with Gasteiger partial charge in [0.2, 0.25) is 0 Å². The Bertz CT molecular complexity index is 927. The lowest BCUT2D eigenvalue weighted by atomic mass is 10.1. The smallest absolute Gasteiger partial charge is 0.305 e. The Hall–Kier alpha value is -1.86. The highest BCUT2D eigenvalue weighted by Gasteiger charge is 2.09. The summed E-state index contributed by atoms with van der Waals surface area (Å²) < 4.78 is 6.59. The lowest BCUT2D eigenvalue weighted by Gasteiger charge is -2.07. The standard InChI is InChI=1S/C23H30N2O3S.ClH/c26-20-12-11-19(22-21(20)25-23(27)29-22)13-15-24-14-5-2-6-16-28-17-7-10-18-8-3-1-4-9-18;/h1,3-4,8-9,11-12,24,26H,2,5-7,10,13-17H2,(H,25,27);1H. The second-order valence-electron chi connectivity index (χ2n) is 7.22. The van der Waals surface area contributed by atoms with Crippen LogP contribution in [0.1, 0.15) is 36.8 Å². The van der Waals surface area contributed by atoms with Crippen LogP contribution in [0.25, 0.3) is 10.2 Å². The van der Waals surface area contributed by atoms with E-state index in [0.717, 1.165) is 86.4 Å². The van der Waals surface area contributed by atoms with Crippen molar-refractivity contribution >= 4 is 34.0 Å². The predicted octanol–water partition coefficient (Wildman–Crippen LogP) is 4.67. The van der Waals surface area contributed by atoms with Crippen LogP contribution in [0.2, 0.25) is 0 Å². The molecule has 0 bridgehead atoms. The van der Waals surface area contributed by atoms with Crippen LogP contribution < -0.4 is 10.2 Å². The first-order valence-electron chi connectivity index (χ1n) is 10.4. The van der Waals surface area contributed by atoms with E-state index in [9.17, 15) is 9.90 Å². The van der Waals surface area contributed by atoms with Gasteiger partial charge in [-0.2, -0.15) is 0 Å². The number of nitrogens with one attached hydrogen (secondary N) is 2. The largest absolute Gasteiger partial charge is 0.506 e. The molecule has 0 fully saturated rings. The number of aromatic amines is 1. The topological polar surface area (TPSA) is 74.4 Å². The molecule has 0 aliphatic rings. The number of hydrogen-bond donors (Lipinski definition) is 3. The number of thiazole rings is 1. The molecular formula is C23H31ClN2O3S. The summed E-state index contributed by atoms with van der Waals surface area (Å²) in [5.41, 5.74) is 3.03.